The third-order valence-electron chi connectivity index (χ3n) is 5.30. The monoisotopic (exact) mass is 414 g/mol. The number of ketones is 1. The largest absolute Gasteiger partial charge is 0.480 e. The molecule has 1 radical (unpaired) electrons. The number of carbonyl (C=O) groups excluding carboxylic acids is 1. The van der Waals surface area contributed by atoms with Crippen LogP contribution in [0.15, 0.2) is 54.6 Å². The van der Waals surface area contributed by atoms with Crippen LogP contribution in [-0.2, 0) is 15.1 Å². The standard InChI is InChI=1S/C22H24NO7/c1-22(21(28)29,23-16-12-30-17(11-24)20(27)19(16)26)15-9-5-8-14(10-15)18(25)13-6-3-2-4-7-13/h2-10,12,16-17,19-20,23-24,26-27H,11H2,1H3,(H,28,29)/t16-,17+,19+,20+,22?/m0/s1. The molecule has 1 aliphatic heterocycles. The zero-order valence-corrected chi connectivity index (χ0v) is 16.3. The van der Waals surface area contributed by atoms with E-state index in [4.69, 9.17) is 4.74 Å². The first kappa shape index (κ1) is 22.1. The van der Waals surface area contributed by atoms with Crippen molar-refractivity contribution in [1.82, 2.24) is 5.32 Å². The molecule has 1 heterocycles. The third-order valence-corrected chi connectivity index (χ3v) is 5.30. The average Bonchev–Trinajstić information content (AvgIpc) is 2.77. The first-order valence-corrected chi connectivity index (χ1v) is 9.45. The molecule has 5 N–H and O–H groups in total. The molecule has 8 nitrogen and oxygen atoms in total. The summed E-state index contributed by atoms with van der Waals surface area (Å²) in [4.78, 5) is 24.9. The average molecular weight is 414 g/mol. The highest BCUT2D eigenvalue weighted by Gasteiger charge is 2.44. The smallest absolute Gasteiger partial charge is 0.328 e. The number of aliphatic hydroxyl groups excluding tert-OH is 3. The van der Waals surface area contributed by atoms with Crippen LogP contribution in [0.5, 0.6) is 0 Å². The Hall–Kier alpha value is -2.62. The van der Waals surface area contributed by atoms with Crippen molar-refractivity contribution in [2.24, 2.45) is 0 Å². The first-order valence-electron chi connectivity index (χ1n) is 9.45. The maximum Gasteiger partial charge on any atom is 0.328 e. The van der Waals surface area contributed by atoms with E-state index in [0.29, 0.717) is 11.1 Å². The summed E-state index contributed by atoms with van der Waals surface area (Å²) in [6.07, 6.45) is -3.80. The fraction of sp³-hybridized carbons (Fsp3) is 0.318. The fourth-order valence-corrected chi connectivity index (χ4v) is 3.38. The lowest BCUT2D eigenvalue weighted by atomic mass is 9.87. The maximum atomic E-state index is 12.8. The van der Waals surface area contributed by atoms with Gasteiger partial charge in [0.15, 0.2) is 5.78 Å². The molecule has 5 atom stereocenters. The molecule has 0 aromatic heterocycles. The number of nitrogens with one attached hydrogen (secondary N) is 1. The molecule has 0 amide bonds. The van der Waals surface area contributed by atoms with Crippen molar-refractivity contribution in [3.05, 3.63) is 77.9 Å². The molecule has 0 bridgehead atoms. The molecule has 0 saturated carbocycles. The Labute approximate surface area is 173 Å². The Morgan fingerprint density at radius 3 is 2.33 bits per heavy atom. The minimum absolute atomic E-state index is 0.251. The Morgan fingerprint density at radius 2 is 1.70 bits per heavy atom. The molecule has 8 heteroatoms. The summed E-state index contributed by atoms with van der Waals surface area (Å²) >= 11 is 0. The quantitative estimate of drug-likeness (QED) is 0.412. The second-order valence-corrected chi connectivity index (χ2v) is 7.35. The van der Waals surface area contributed by atoms with Gasteiger partial charge in [-0.1, -0.05) is 48.5 Å². The van der Waals surface area contributed by atoms with Gasteiger partial charge in [0.1, 0.15) is 30.5 Å². The zero-order valence-electron chi connectivity index (χ0n) is 16.3. The van der Waals surface area contributed by atoms with Gasteiger partial charge in [-0.15, -0.1) is 0 Å². The van der Waals surface area contributed by atoms with E-state index in [1.54, 1.807) is 48.5 Å². The van der Waals surface area contributed by atoms with Crippen molar-refractivity contribution < 1.29 is 34.8 Å². The minimum Gasteiger partial charge on any atom is -0.480 e. The summed E-state index contributed by atoms with van der Waals surface area (Å²) in [5.74, 6) is -1.50. The number of hydrogen-bond donors (Lipinski definition) is 5. The van der Waals surface area contributed by atoms with E-state index in [2.05, 4.69) is 5.32 Å². The number of carboxylic acid groups (broad SMARTS) is 1. The predicted molar refractivity (Wildman–Crippen MR) is 107 cm³/mol. The number of carbonyl (C=O) groups is 2. The van der Waals surface area contributed by atoms with Crippen LogP contribution in [0.4, 0.5) is 0 Å². The van der Waals surface area contributed by atoms with Crippen LogP contribution < -0.4 is 5.32 Å². The number of carboxylic acids is 1. The third kappa shape index (κ3) is 4.28. The van der Waals surface area contributed by atoms with Crippen molar-refractivity contribution in [2.45, 2.75) is 36.8 Å². The van der Waals surface area contributed by atoms with Crippen molar-refractivity contribution in [2.75, 3.05) is 6.61 Å². The molecule has 1 aliphatic rings. The molecular formula is C22H24NO7. The van der Waals surface area contributed by atoms with Crippen LogP contribution in [0.25, 0.3) is 0 Å². The molecule has 2 aromatic carbocycles. The number of ether oxygens (including phenoxy) is 1. The number of aliphatic hydroxyl groups is 3. The van der Waals surface area contributed by atoms with Crippen LogP contribution in [0.1, 0.15) is 28.4 Å². The summed E-state index contributed by atoms with van der Waals surface area (Å²) in [7, 11) is 0. The van der Waals surface area contributed by atoms with Crippen molar-refractivity contribution in [3.63, 3.8) is 0 Å². The first-order chi connectivity index (χ1) is 14.3. The van der Waals surface area contributed by atoms with Crippen molar-refractivity contribution in [3.8, 4) is 0 Å². The Kier molecular flexibility index (Phi) is 6.64. The van der Waals surface area contributed by atoms with E-state index in [1.165, 1.54) is 19.6 Å². The molecule has 1 fully saturated rings. The van der Waals surface area contributed by atoms with Gasteiger partial charge in [-0.05, 0) is 18.6 Å². The van der Waals surface area contributed by atoms with E-state index in [1.807, 2.05) is 0 Å². The highest BCUT2D eigenvalue weighted by Crippen LogP contribution is 2.27. The zero-order chi connectivity index (χ0) is 21.9. The molecule has 1 saturated heterocycles. The molecule has 3 rings (SSSR count). The highest BCUT2D eigenvalue weighted by molar-refractivity contribution is 6.09. The lowest BCUT2D eigenvalue weighted by Gasteiger charge is -2.40. The van der Waals surface area contributed by atoms with Crippen LogP contribution in [0, 0.1) is 6.61 Å². The summed E-state index contributed by atoms with van der Waals surface area (Å²) in [6.45, 7) is 2.06. The second kappa shape index (κ2) is 9.03. The van der Waals surface area contributed by atoms with E-state index in [9.17, 15) is 30.0 Å². The van der Waals surface area contributed by atoms with Gasteiger partial charge < -0.3 is 25.2 Å². The van der Waals surface area contributed by atoms with Crippen LogP contribution >= 0.6 is 0 Å². The van der Waals surface area contributed by atoms with Gasteiger partial charge in [0.2, 0.25) is 0 Å². The summed E-state index contributed by atoms with van der Waals surface area (Å²) in [6, 6.07) is 13.8. The minimum atomic E-state index is -1.70. The van der Waals surface area contributed by atoms with Crippen molar-refractivity contribution in [1.29, 1.82) is 0 Å². The lowest BCUT2D eigenvalue weighted by Crippen LogP contribution is -2.62. The molecule has 30 heavy (non-hydrogen) atoms. The van der Waals surface area contributed by atoms with Gasteiger partial charge in [-0.2, -0.15) is 0 Å². The molecule has 2 aromatic rings. The number of aliphatic carboxylic acids is 1. The molecule has 0 spiro atoms. The highest BCUT2D eigenvalue weighted by atomic mass is 16.5. The van der Waals surface area contributed by atoms with Crippen LogP contribution in [0.2, 0.25) is 0 Å². The molecule has 1 unspecified atom stereocenters. The van der Waals surface area contributed by atoms with Crippen LogP contribution in [0.3, 0.4) is 0 Å². The number of benzene rings is 2. The topological polar surface area (TPSA) is 136 Å². The van der Waals surface area contributed by atoms with Gasteiger partial charge in [0.25, 0.3) is 0 Å². The van der Waals surface area contributed by atoms with Crippen LogP contribution in [-0.4, -0.2) is 63.1 Å². The molecular weight excluding hydrogens is 390 g/mol. The summed E-state index contributed by atoms with van der Waals surface area (Å²) in [5, 5.41) is 42.3. The van der Waals surface area contributed by atoms with Gasteiger partial charge in [-0.25, -0.2) is 4.79 Å². The SMILES string of the molecule is CC(N[C@H]1[CH]O[C@H](CO)[C@@H](O)[C@@H]1O)(C(=O)O)c1cccc(C(=O)c2ccccc2)c1. The summed E-state index contributed by atoms with van der Waals surface area (Å²) < 4.78 is 5.21. The van der Waals surface area contributed by atoms with Gasteiger partial charge in [0, 0.05) is 11.1 Å². The fourth-order valence-electron chi connectivity index (χ4n) is 3.38. The predicted octanol–water partition coefficient (Wildman–Crippen LogP) is 0.450. The number of rotatable bonds is 7. The Morgan fingerprint density at radius 1 is 1.03 bits per heavy atom. The number of hydrogen-bond acceptors (Lipinski definition) is 7. The van der Waals surface area contributed by atoms with E-state index in [-0.39, 0.29) is 11.3 Å². The van der Waals surface area contributed by atoms with E-state index in [0.717, 1.165) is 0 Å². The Bertz CT molecular complexity index is 903. The van der Waals surface area contributed by atoms with Gasteiger partial charge >= 0.3 is 5.97 Å². The normalized spacial score (nSPS) is 26.0. The van der Waals surface area contributed by atoms with Gasteiger partial charge in [-0.3, -0.25) is 10.1 Å². The van der Waals surface area contributed by atoms with E-state index >= 15 is 0 Å². The molecule has 159 valence electrons. The Balaban J connectivity index is 1.89. The van der Waals surface area contributed by atoms with Gasteiger partial charge in [0.05, 0.1) is 12.6 Å². The van der Waals surface area contributed by atoms with Crippen molar-refractivity contribution >= 4 is 11.8 Å². The second-order valence-electron chi connectivity index (χ2n) is 7.35. The lowest BCUT2D eigenvalue weighted by molar-refractivity contribution is -0.153. The van der Waals surface area contributed by atoms with E-state index < -0.39 is 42.5 Å². The molecule has 0 aliphatic carbocycles. The maximum absolute atomic E-state index is 12.8. The summed E-state index contributed by atoms with van der Waals surface area (Å²) in [5.41, 5.74) is -0.624.